The van der Waals surface area contributed by atoms with E-state index in [1.807, 2.05) is 42.5 Å². The monoisotopic (exact) mass is 392 g/mol. The van der Waals surface area contributed by atoms with Crippen molar-refractivity contribution in [2.45, 2.75) is 11.4 Å². The molecule has 1 unspecified atom stereocenters. The van der Waals surface area contributed by atoms with Gasteiger partial charge in [-0.05, 0) is 30.3 Å². The average molecular weight is 393 g/mol. The normalized spacial score (nSPS) is 11.5. The maximum Gasteiger partial charge on any atom is 0.279 e. The van der Waals surface area contributed by atoms with Crippen molar-refractivity contribution in [3.8, 4) is 6.07 Å². The Labute approximate surface area is 161 Å². The molecule has 1 atom stereocenters. The first-order valence-electron chi connectivity index (χ1n) is 7.69. The summed E-state index contributed by atoms with van der Waals surface area (Å²) in [6.45, 7) is 5.52. The molecule has 0 saturated heterocycles. The number of carbonyl (C=O) groups excluding carboxylic acids is 1. The number of nitrogens with zero attached hydrogens (tertiary/aromatic N) is 1. The Morgan fingerprint density at radius 3 is 2.88 bits per heavy atom. The number of halogens is 1. The van der Waals surface area contributed by atoms with E-state index in [4.69, 9.17) is 16.9 Å². The fourth-order valence-electron chi connectivity index (χ4n) is 2.33. The lowest BCUT2D eigenvalue weighted by Crippen LogP contribution is -3.11. The molecule has 7 heteroatoms. The molecule has 1 aromatic carbocycles. The predicted molar refractivity (Wildman–Crippen MR) is 105 cm³/mol. The Hall–Kier alpha value is -1.78. The van der Waals surface area contributed by atoms with Gasteiger partial charge in [-0.1, -0.05) is 30.3 Å². The summed E-state index contributed by atoms with van der Waals surface area (Å²) in [5, 5.41) is 11.7. The summed E-state index contributed by atoms with van der Waals surface area (Å²) in [5.74, 6) is 0.282. The van der Waals surface area contributed by atoms with Gasteiger partial charge >= 0.3 is 0 Å². The van der Waals surface area contributed by atoms with Crippen LogP contribution in [0.4, 0.5) is 5.69 Å². The van der Waals surface area contributed by atoms with Crippen LogP contribution in [0.15, 0.2) is 53.9 Å². The second-order valence-electron chi connectivity index (χ2n) is 5.29. The maximum atomic E-state index is 12.5. The van der Waals surface area contributed by atoms with Gasteiger partial charge in [0.15, 0.2) is 6.54 Å². The molecule has 0 bridgehead atoms. The van der Waals surface area contributed by atoms with Gasteiger partial charge in [0, 0.05) is 4.90 Å². The zero-order chi connectivity index (χ0) is 18.1. The van der Waals surface area contributed by atoms with E-state index in [2.05, 4.69) is 18.0 Å². The molecular weight excluding hydrogens is 374 g/mol. The molecule has 0 spiro atoms. The van der Waals surface area contributed by atoms with Crippen molar-refractivity contribution in [1.29, 1.82) is 5.26 Å². The molecule has 1 amide bonds. The van der Waals surface area contributed by atoms with Gasteiger partial charge < -0.3 is 10.2 Å². The predicted octanol–water partition coefficient (Wildman–Crippen LogP) is 3.23. The molecule has 0 radical (unpaired) electrons. The fourth-order valence-corrected chi connectivity index (χ4v) is 4.16. The quantitative estimate of drug-likeness (QED) is 0.508. The fraction of sp³-hybridized carbons (Fsp3) is 0.222. The van der Waals surface area contributed by atoms with Crippen molar-refractivity contribution in [2.24, 2.45) is 0 Å². The van der Waals surface area contributed by atoms with Crippen LogP contribution < -0.4 is 10.2 Å². The van der Waals surface area contributed by atoms with E-state index < -0.39 is 0 Å². The molecule has 4 nitrogen and oxygen atoms in total. The number of rotatable bonds is 9. The van der Waals surface area contributed by atoms with Crippen LogP contribution in [0, 0.1) is 11.3 Å². The van der Waals surface area contributed by atoms with Gasteiger partial charge in [-0.15, -0.1) is 23.1 Å². The maximum absolute atomic E-state index is 12.5. The second-order valence-corrected chi connectivity index (χ2v) is 8.11. The number of hydrogen-bond acceptors (Lipinski definition) is 4. The van der Waals surface area contributed by atoms with Crippen LogP contribution in [0.2, 0.25) is 4.34 Å². The smallest absolute Gasteiger partial charge is 0.279 e. The molecule has 2 N–H and O–H groups in total. The summed E-state index contributed by atoms with van der Waals surface area (Å²) in [6.07, 6.45) is 1.81. The molecule has 0 fully saturated rings. The highest BCUT2D eigenvalue weighted by Crippen LogP contribution is 2.26. The Bertz CT molecular complexity index is 770. The van der Waals surface area contributed by atoms with Crippen LogP contribution in [0.5, 0.6) is 0 Å². The Kier molecular flexibility index (Phi) is 8.02. The average Bonchev–Trinajstić information content (AvgIpc) is 2.99. The highest BCUT2D eigenvalue weighted by Gasteiger charge is 2.16. The number of nitriles is 1. The van der Waals surface area contributed by atoms with Crippen molar-refractivity contribution in [1.82, 2.24) is 0 Å². The lowest BCUT2D eigenvalue weighted by Gasteiger charge is -2.17. The largest absolute Gasteiger partial charge is 0.320 e. The topological polar surface area (TPSA) is 57.3 Å². The van der Waals surface area contributed by atoms with Crippen molar-refractivity contribution >= 4 is 46.3 Å². The third-order valence-corrected chi connectivity index (χ3v) is 5.52. The standard InChI is InChI=1S/C18H18ClN3OS2/c1-2-10-22(12-14-7-8-17(19)25-14)13-18(23)21-15-5-3-4-6-16(15)24-11-9-20/h2-8H,1,10-13H2,(H,21,23)/p+1. The van der Waals surface area contributed by atoms with Crippen LogP contribution >= 0.6 is 34.7 Å². The van der Waals surface area contributed by atoms with E-state index in [1.165, 1.54) is 23.1 Å². The summed E-state index contributed by atoms with van der Waals surface area (Å²) in [7, 11) is 0. The molecule has 130 valence electrons. The Balaban J connectivity index is 1.99. The van der Waals surface area contributed by atoms with Crippen molar-refractivity contribution < 1.29 is 9.69 Å². The number of carbonyl (C=O) groups is 1. The van der Waals surface area contributed by atoms with E-state index in [1.54, 1.807) is 0 Å². The number of quaternary nitrogens is 1. The van der Waals surface area contributed by atoms with Crippen LogP contribution in [0.25, 0.3) is 0 Å². The summed E-state index contributed by atoms with van der Waals surface area (Å²) in [6, 6.07) is 13.5. The van der Waals surface area contributed by atoms with Gasteiger partial charge in [0.25, 0.3) is 5.91 Å². The van der Waals surface area contributed by atoms with Gasteiger partial charge in [-0.3, -0.25) is 4.79 Å². The van der Waals surface area contributed by atoms with Gasteiger partial charge in [-0.25, -0.2) is 0 Å². The first-order valence-corrected chi connectivity index (χ1v) is 9.87. The van der Waals surface area contributed by atoms with Gasteiger partial charge in [0.1, 0.15) is 6.54 Å². The lowest BCUT2D eigenvalue weighted by molar-refractivity contribution is -0.899. The minimum Gasteiger partial charge on any atom is -0.320 e. The number of para-hydroxylation sites is 1. The van der Waals surface area contributed by atoms with E-state index in [-0.39, 0.29) is 5.91 Å². The molecule has 1 aromatic heterocycles. The van der Waals surface area contributed by atoms with E-state index in [0.29, 0.717) is 18.8 Å². The van der Waals surface area contributed by atoms with Crippen molar-refractivity contribution in [3.63, 3.8) is 0 Å². The number of amides is 1. The van der Waals surface area contributed by atoms with E-state index in [9.17, 15) is 4.79 Å². The zero-order valence-corrected chi connectivity index (χ0v) is 16.0. The minimum atomic E-state index is -0.0653. The lowest BCUT2D eigenvalue weighted by atomic mass is 10.3. The first-order chi connectivity index (χ1) is 12.1. The summed E-state index contributed by atoms with van der Waals surface area (Å²) < 4.78 is 0.751. The third kappa shape index (κ3) is 6.56. The number of anilines is 1. The van der Waals surface area contributed by atoms with Crippen molar-refractivity contribution in [2.75, 3.05) is 24.2 Å². The summed E-state index contributed by atoms with van der Waals surface area (Å²) in [4.78, 5) is 15.6. The number of hydrogen-bond donors (Lipinski definition) is 2. The number of thioether (sulfide) groups is 1. The van der Waals surface area contributed by atoms with E-state index in [0.717, 1.165) is 31.2 Å². The Morgan fingerprint density at radius 2 is 2.20 bits per heavy atom. The number of thiophene rings is 1. The first kappa shape index (κ1) is 19.5. The molecule has 0 aliphatic heterocycles. The third-order valence-electron chi connectivity index (χ3n) is 3.35. The van der Waals surface area contributed by atoms with Crippen LogP contribution in [-0.2, 0) is 11.3 Å². The molecule has 1 heterocycles. The number of nitrogens with one attached hydrogen (secondary N) is 2. The molecule has 0 aliphatic carbocycles. The van der Waals surface area contributed by atoms with Crippen LogP contribution in [0.1, 0.15) is 4.88 Å². The molecule has 2 aromatic rings. The minimum absolute atomic E-state index is 0.0653. The Morgan fingerprint density at radius 1 is 1.40 bits per heavy atom. The van der Waals surface area contributed by atoms with E-state index >= 15 is 0 Å². The summed E-state index contributed by atoms with van der Waals surface area (Å²) >= 11 is 8.92. The van der Waals surface area contributed by atoms with Crippen LogP contribution in [0.3, 0.4) is 0 Å². The molecular formula is C18H19ClN3OS2+. The van der Waals surface area contributed by atoms with Gasteiger partial charge in [-0.2, -0.15) is 5.26 Å². The highest BCUT2D eigenvalue weighted by atomic mass is 35.5. The zero-order valence-electron chi connectivity index (χ0n) is 13.6. The molecule has 25 heavy (non-hydrogen) atoms. The molecule has 0 aliphatic rings. The summed E-state index contributed by atoms with van der Waals surface area (Å²) in [5.41, 5.74) is 0.741. The van der Waals surface area contributed by atoms with Crippen molar-refractivity contribution in [3.05, 3.63) is 58.3 Å². The van der Waals surface area contributed by atoms with Gasteiger partial charge in [0.2, 0.25) is 0 Å². The number of benzene rings is 1. The van der Waals surface area contributed by atoms with Gasteiger partial charge in [0.05, 0.1) is 33.3 Å². The molecule has 0 saturated carbocycles. The molecule has 2 rings (SSSR count). The second kappa shape index (κ2) is 10.3. The SMILES string of the molecule is C=CC[NH+](CC(=O)Nc1ccccc1SCC#N)Cc1ccc(Cl)s1. The van der Waals surface area contributed by atoms with Crippen LogP contribution in [-0.4, -0.2) is 24.7 Å². The highest BCUT2D eigenvalue weighted by molar-refractivity contribution is 7.99.